The summed E-state index contributed by atoms with van der Waals surface area (Å²) < 4.78 is 0. The third-order valence-electron chi connectivity index (χ3n) is 2.30. The normalized spacial score (nSPS) is 23.2. The number of hydrogen-bond donors (Lipinski definition) is 2. The Morgan fingerprint density at radius 1 is 1.69 bits per heavy atom. The topological polar surface area (TPSA) is 40.7 Å². The summed E-state index contributed by atoms with van der Waals surface area (Å²) in [6.07, 6.45) is 4.47. The lowest BCUT2D eigenvalue weighted by Crippen LogP contribution is -2.33. The molecule has 0 amide bonds. The summed E-state index contributed by atoms with van der Waals surface area (Å²) >= 11 is 2.05. The minimum atomic E-state index is 0.696. The second-order valence-corrected chi connectivity index (χ2v) is 4.53. The van der Waals surface area contributed by atoms with Gasteiger partial charge in [0.25, 0.3) is 0 Å². The van der Waals surface area contributed by atoms with Crippen LogP contribution in [-0.4, -0.2) is 27.7 Å². The van der Waals surface area contributed by atoms with E-state index in [-0.39, 0.29) is 0 Å². The smallest absolute Gasteiger partial charge is 0.0490 e. The van der Waals surface area contributed by atoms with Gasteiger partial charge in [-0.2, -0.15) is 16.9 Å². The number of thioether (sulfide) groups is 1. The van der Waals surface area contributed by atoms with Gasteiger partial charge in [0, 0.05) is 30.2 Å². The Morgan fingerprint density at radius 2 is 2.69 bits per heavy atom. The lowest BCUT2D eigenvalue weighted by Gasteiger charge is -2.22. The molecule has 72 valence electrons. The van der Waals surface area contributed by atoms with Crippen LogP contribution in [0.1, 0.15) is 18.5 Å². The van der Waals surface area contributed by atoms with Crippen LogP contribution in [-0.2, 0) is 6.54 Å². The van der Waals surface area contributed by atoms with Crippen molar-refractivity contribution < 1.29 is 0 Å². The van der Waals surface area contributed by atoms with Gasteiger partial charge in [-0.05, 0) is 24.7 Å². The molecule has 1 aromatic rings. The van der Waals surface area contributed by atoms with Crippen molar-refractivity contribution >= 4 is 11.8 Å². The van der Waals surface area contributed by atoms with Gasteiger partial charge in [0.05, 0.1) is 0 Å². The summed E-state index contributed by atoms with van der Waals surface area (Å²) in [5.41, 5.74) is 1.18. The Bertz CT molecular complexity index is 229. The molecule has 2 rings (SSSR count). The zero-order valence-corrected chi connectivity index (χ0v) is 8.44. The summed E-state index contributed by atoms with van der Waals surface area (Å²) in [6.45, 7) is 0.922. The maximum atomic E-state index is 3.92. The Morgan fingerprint density at radius 3 is 3.38 bits per heavy atom. The van der Waals surface area contributed by atoms with Gasteiger partial charge in [0.1, 0.15) is 0 Å². The molecule has 1 saturated heterocycles. The van der Waals surface area contributed by atoms with Gasteiger partial charge in [-0.15, -0.1) is 0 Å². The quantitative estimate of drug-likeness (QED) is 0.769. The van der Waals surface area contributed by atoms with E-state index in [9.17, 15) is 0 Å². The first-order valence-electron chi connectivity index (χ1n) is 4.74. The van der Waals surface area contributed by atoms with Crippen molar-refractivity contribution in [2.24, 2.45) is 0 Å². The fourth-order valence-corrected chi connectivity index (χ4v) is 2.65. The summed E-state index contributed by atoms with van der Waals surface area (Å²) in [4.78, 5) is 0. The lowest BCUT2D eigenvalue weighted by atomic mass is 10.2. The highest BCUT2D eigenvalue weighted by atomic mass is 32.2. The predicted octanol–water partition coefficient (Wildman–Crippen LogP) is 1.39. The third-order valence-corrected chi connectivity index (χ3v) is 3.52. The molecule has 2 heterocycles. The first-order chi connectivity index (χ1) is 6.45. The van der Waals surface area contributed by atoms with E-state index in [1.54, 1.807) is 6.20 Å². The number of nitrogens with one attached hydrogen (secondary N) is 2. The molecule has 0 aromatic carbocycles. The Balaban J connectivity index is 1.72. The zero-order chi connectivity index (χ0) is 8.93. The van der Waals surface area contributed by atoms with Crippen LogP contribution in [0.5, 0.6) is 0 Å². The predicted molar refractivity (Wildman–Crippen MR) is 55.8 cm³/mol. The lowest BCUT2D eigenvalue weighted by molar-refractivity contribution is 0.503. The van der Waals surface area contributed by atoms with Crippen LogP contribution in [0.3, 0.4) is 0 Å². The summed E-state index contributed by atoms with van der Waals surface area (Å²) in [6, 6.07) is 2.71. The fourth-order valence-electron chi connectivity index (χ4n) is 1.54. The molecular weight excluding hydrogens is 182 g/mol. The highest BCUT2D eigenvalue weighted by Gasteiger charge is 2.12. The van der Waals surface area contributed by atoms with Gasteiger partial charge in [0.15, 0.2) is 0 Å². The highest BCUT2D eigenvalue weighted by molar-refractivity contribution is 7.99. The first kappa shape index (κ1) is 9.09. The molecule has 0 bridgehead atoms. The van der Waals surface area contributed by atoms with E-state index >= 15 is 0 Å². The molecule has 1 fully saturated rings. The molecule has 0 radical (unpaired) electrons. The average molecular weight is 197 g/mol. The molecule has 4 heteroatoms. The second-order valence-electron chi connectivity index (χ2n) is 3.38. The third kappa shape index (κ3) is 2.74. The number of rotatable bonds is 3. The minimum absolute atomic E-state index is 0.696. The van der Waals surface area contributed by atoms with Crippen LogP contribution in [0.15, 0.2) is 12.3 Å². The number of aromatic nitrogens is 2. The van der Waals surface area contributed by atoms with E-state index < -0.39 is 0 Å². The van der Waals surface area contributed by atoms with Crippen LogP contribution in [0.2, 0.25) is 0 Å². The molecule has 0 spiro atoms. The van der Waals surface area contributed by atoms with Crippen molar-refractivity contribution in [2.75, 3.05) is 11.5 Å². The van der Waals surface area contributed by atoms with Gasteiger partial charge in [-0.1, -0.05) is 0 Å². The average Bonchev–Trinajstić information content (AvgIpc) is 2.69. The molecule has 2 N–H and O–H groups in total. The molecule has 13 heavy (non-hydrogen) atoms. The zero-order valence-electron chi connectivity index (χ0n) is 7.62. The number of aromatic amines is 1. The SMILES string of the molecule is c1cc(CNC2CCCSC2)[nH]n1. The van der Waals surface area contributed by atoms with Crippen LogP contribution >= 0.6 is 11.8 Å². The van der Waals surface area contributed by atoms with Crippen LogP contribution in [0, 0.1) is 0 Å². The molecule has 1 aliphatic heterocycles. The van der Waals surface area contributed by atoms with Crippen LogP contribution < -0.4 is 5.32 Å². The second kappa shape index (κ2) is 4.67. The Labute approximate surface area is 82.7 Å². The molecule has 1 aromatic heterocycles. The van der Waals surface area contributed by atoms with Crippen molar-refractivity contribution in [3.8, 4) is 0 Å². The van der Waals surface area contributed by atoms with Crippen LogP contribution in [0.25, 0.3) is 0 Å². The molecule has 0 aliphatic carbocycles. The Kier molecular flexibility index (Phi) is 3.27. The van der Waals surface area contributed by atoms with Crippen molar-refractivity contribution in [2.45, 2.75) is 25.4 Å². The molecular formula is C9H15N3S. The molecule has 1 atom stereocenters. The number of hydrogen-bond acceptors (Lipinski definition) is 3. The van der Waals surface area contributed by atoms with Gasteiger partial charge >= 0.3 is 0 Å². The molecule has 1 aliphatic rings. The van der Waals surface area contributed by atoms with E-state index in [1.807, 2.05) is 6.07 Å². The van der Waals surface area contributed by atoms with Crippen LogP contribution in [0.4, 0.5) is 0 Å². The summed E-state index contributed by atoms with van der Waals surface area (Å²) in [7, 11) is 0. The minimum Gasteiger partial charge on any atom is -0.308 e. The van der Waals surface area contributed by atoms with Crippen molar-refractivity contribution in [3.05, 3.63) is 18.0 Å². The van der Waals surface area contributed by atoms with E-state index in [0.29, 0.717) is 6.04 Å². The first-order valence-corrected chi connectivity index (χ1v) is 5.90. The van der Waals surface area contributed by atoms with Crippen molar-refractivity contribution in [3.63, 3.8) is 0 Å². The standard InChI is InChI=1S/C9H15N3S/c1-2-9(7-13-5-1)10-6-8-3-4-11-12-8/h3-4,9-10H,1-2,5-7H2,(H,11,12). The maximum Gasteiger partial charge on any atom is 0.0490 e. The monoisotopic (exact) mass is 197 g/mol. The molecule has 1 unspecified atom stereocenters. The van der Waals surface area contributed by atoms with E-state index in [2.05, 4.69) is 27.3 Å². The summed E-state index contributed by atoms with van der Waals surface area (Å²) in [5, 5.41) is 10.4. The van der Waals surface area contributed by atoms with E-state index in [0.717, 1.165) is 6.54 Å². The van der Waals surface area contributed by atoms with Crippen molar-refractivity contribution in [1.82, 2.24) is 15.5 Å². The van der Waals surface area contributed by atoms with E-state index in [1.165, 1.54) is 30.0 Å². The van der Waals surface area contributed by atoms with Gasteiger partial charge in [-0.3, -0.25) is 5.10 Å². The summed E-state index contributed by atoms with van der Waals surface area (Å²) in [5.74, 6) is 2.59. The fraction of sp³-hybridized carbons (Fsp3) is 0.667. The Hall–Kier alpha value is -0.480. The number of nitrogens with zero attached hydrogens (tertiary/aromatic N) is 1. The van der Waals surface area contributed by atoms with Crippen molar-refractivity contribution in [1.29, 1.82) is 0 Å². The highest BCUT2D eigenvalue weighted by Crippen LogP contribution is 2.16. The van der Waals surface area contributed by atoms with E-state index in [4.69, 9.17) is 0 Å². The van der Waals surface area contributed by atoms with Gasteiger partial charge in [-0.25, -0.2) is 0 Å². The van der Waals surface area contributed by atoms with Gasteiger partial charge in [0.2, 0.25) is 0 Å². The largest absolute Gasteiger partial charge is 0.308 e. The number of H-pyrrole nitrogens is 1. The molecule has 0 saturated carbocycles. The van der Waals surface area contributed by atoms with Gasteiger partial charge < -0.3 is 5.32 Å². The maximum absolute atomic E-state index is 3.92. The molecule has 3 nitrogen and oxygen atoms in total.